The van der Waals surface area contributed by atoms with Crippen molar-refractivity contribution in [1.29, 1.82) is 0 Å². The van der Waals surface area contributed by atoms with Crippen molar-refractivity contribution in [2.75, 3.05) is 57.3 Å². The summed E-state index contributed by atoms with van der Waals surface area (Å²) in [5.41, 5.74) is 1.78. The van der Waals surface area contributed by atoms with E-state index in [1.165, 1.54) is 12.1 Å². The molecular weight excluding hydrogens is 455 g/mol. The van der Waals surface area contributed by atoms with E-state index in [1.807, 2.05) is 59.5 Å². The van der Waals surface area contributed by atoms with Crippen LogP contribution in [0, 0.1) is 11.7 Å². The maximum Gasteiger partial charge on any atom is 0.254 e. The van der Waals surface area contributed by atoms with E-state index < -0.39 is 0 Å². The molecule has 0 saturated carbocycles. The highest BCUT2D eigenvalue weighted by atomic mass is 19.1. The molecule has 2 heterocycles. The van der Waals surface area contributed by atoms with Gasteiger partial charge < -0.3 is 15.1 Å². The predicted octanol–water partition coefficient (Wildman–Crippen LogP) is 3.77. The Hall–Kier alpha value is -3.45. The number of nitrogens with one attached hydrogen (secondary N) is 1. The largest absolute Gasteiger partial charge is 0.369 e. The molecular formula is C29H33FN4O2. The average Bonchev–Trinajstić information content (AvgIpc) is 2.93. The zero-order chi connectivity index (χ0) is 24.9. The number of anilines is 1. The van der Waals surface area contributed by atoms with E-state index in [9.17, 15) is 14.0 Å². The maximum absolute atomic E-state index is 13.2. The van der Waals surface area contributed by atoms with E-state index in [0.717, 1.165) is 54.7 Å². The number of likely N-dealkylation sites (tertiary alicyclic amines) is 1. The molecule has 0 spiro atoms. The summed E-state index contributed by atoms with van der Waals surface area (Å²) in [5.74, 6) is -0.116. The number of amides is 2. The van der Waals surface area contributed by atoms with E-state index in [1.54, 1.807) is 0 Å². The Morgan fingerprint density at radius 3 is 2.28 bits per heavy atom. The van der Waals surface area contributed by atoms with Crippen LogP contribution in [0.5, 0.6) is 0 Å². The topological polar surface area (TPSA) is 55.9 Å². The number of piperazine rings is 1. The van der Waals surface area contributed by atoms with Gasteiger partial charge in [0.2, 0.25) is 5.91 Å². The Morgan fingerprint density at radius 2 is 1.53 bits per heavy atom. The van der Waals surface area contributed by atoms with E-state index >= 15 is 0 Å². The molecule has 5 rings (SSSR count). The molecule has 2 aliphatic rings. The van der Waals surface area contributed by atoms with Gasteiger partial charge in [0.05, 0.1) is 0 Å². The summed E-state index contributed by atoms with van der Waals surface area (Å²) >= 11 is 0. The minimum absolute atomic E-state index is 0.0445. The number of carbonyl (C=O) groups excluding carboxylic acids is 2. The molecule has 0 aromatic heterocycles. The number of carbonyl (C=O) groups is 2. The van der Waals surface area contributed by atoms with Crippen LogP contribution in [-0.2, 0) is 4.79 Å². The minimum atomic E-state index is -0.213. The summed E-state index contributed by atoms with van der Waals surface area (Å²) in [4.78, 5) is 32.4. The summed E-state index contributed by atoms with van der Waals surface area (Å²) in [5, 5.41) is 5.15. The number of piperidine rings is 1. The average molecular weight is 489 g/mol. The van der Waals surface area contributed by atoms with Crippen LogP contribution in [0.25, 0.3) is 10.8 Å². The second-order valence-corrected chi connectivity index (χ2v) is 9.69. The van der Waals surface area contributed by atoms with Gasteiger partial charge in [0.25, 0.3) is 5.91 Å². The first-order valence-electron chi connectivity index (χ1n) is 12.9. The highest BCUT2D eigenvalue weighted by Gasteiger charge is 2.28. The first-order valence-corrected chi connectivity index (χ1v) is 12.9. The van der Waals surface area contributed by atoms with Crippen LogP contribution in [0.4, 0.5) is 10.1 Å². The SMILES string of the molecule is O=C(NCCN1CCN(c2ccc(F)cc2)CC1)C1CCN(C(=O)c2cccc3ccccc23)CC1. The number of fused-ring (bicyclic) bond motifs is 1. The molecule has 0 atom stereocenters. The smallest absolute Gasteiger partial charge is 0.254 e. The fourth-order valence-electron chi connectivity index (χ4n) is 5.29. The third-order valence-electron chi connectivity index (χ3n) is 7.46. The van der Waals surface area contributed by atoms with Gasteiger partial charge in [-0.05, 0) is 53.9 Å². The first kappa shape index (κ1) is 24.3. The standard InChI is InChI=1S/C29H33FN4O2/c30-24-8-10-25(11-9-24)33-20-18-32(19-21-33)17-14-31-28(35)23-12-15-34(16-13-23)29(36)27-7-3-5-22-4-1-2-6-26(22)27/h1-11,23H,12-21H2,(H,31,35). The third-order valence-corrected chi connectivity index (χ3v) is 7.46. The molecule has 0 unspecified atom stereocenters. The van der Waals surface area contributed by atoms with Gasteiger partial charge in [-0.1, -0.05) is 36.4 Å². The van der Waals surface area contributed by atoms with Gasteiger partial charge in [-0.2, -0.15) is 0 Å². The zero-order valence-corrected chi connectivity index (χ0v) is 20.5. The van der Waals surface area contributed by atoms with E-state index in [-0.39, 0.29) is 23.5 Å². The number of hydrogen-bond acceptors (Lipinski definition) is 4. The molecule has 2 saturated heterocycles. The van der Waals surface area contributed by atoms with E-state index in [0.29, 0.717) is 32.5 Å². The first-order chi connectivity index (χ1) is 17.6. The molecule has 0 bridgehead atoms. The highest BCUT2D eigenvalue weighted by Crippen LogP contribution is 2.24. The maximum atomic E-state index is 13.2. The molecule has 3 aromatic rings. The second-order valence-electron chi connectivity index (χ2n) is 9.69. The third kappa shape index (κ3) is 5.51. The van der Waals surface area contributed by atoms with Crippen LogP contribution in [0.1, 0.15) is 23.2 Å². The van der Waals surface area contributed by atoms with Gasteiger partial charge >= 0.3 is 0 Å². The van der Waals surface area contributed by atoms with Crippen LogP contribution in [0.3, 0.4) is 0 Å². The van der Waals surface area contributed by atoms with Gasteiger partial charge in [0.15, 0.2) is 0 Å². The van der Waals surface area contributed by atoms with Crippen molar-refractivity contribution in [3.63, 3.8) is 0 Å². The number of rotatable bonds is 6. The molecule has 0 aliphatic carbocycles. The normalized spacial score (nSPS) is 17.4. The number of benzene rings is 3. The lowest BCUT2D eigenvalue weighted by molar-refractivity contribution is -0.126. The van der Waals surface area contributed by atoms with Crippen molar-refractivity contribution in [2.24, 2.45) is 5.92 Å². The van der Waals surface area contributed by atoms with Crippen molar-refractivity contribution in [3.8, 4) is 0 Å². The van der Waals surface area contributed by atoms with Crippen molar-refractivity contribution in [3.05, 3.63) is 78.1 Å². The van der Waals surface area contributed by atoms with Crippen molar-refractivity contribution < 1.29 is 14.0 Å². The van der Waals surface area contributed by atoms with Crippen molar-refractivity contribution in [2.45, 2.75) is 12.8 Å². The summed E-state index contributed by atoms with van der Waals surface area (Å²) in [7, 11) is 0. The predicted molar refractivity (Wildman–Crippen MR) is 141 cm³/mol. The molecule has 188 valence electrons. The van der Waals surface area contributed by atoms with Crippen LogP contribution in [0.2, 0.25) is 0 Å². The number of hydrogen-bond donors (Lipinski definition) is 1. The van der Waals surface area contributed by atoms with E-state index in [2.05, 4.69) is 15.1 Å². The summed E-state index contributed by atoms with van der Waals surface area (Å²) in [6, 6.07) is 20.5. The second kappa shape index (κ2) is 11.1. The van der Waals surface area contributed by atoms with Gasteiger partial charge in [-0.3, -0.25) is 14.5 Å². The number of nitrogens with zero attached hydrogens (tertiary/aromatic N) is 3. The summed E-state index contributed by atoms with van der Waals surface area (Å²) in [6.07, 6.45) is 1.39. The van der Waals surface area contributed by atoms with Crippen molar-refractivity contribution in [1.82, 2.24) is 15.1 Å². The molecule has 7 heteroatoms. The molecule has 1 N–H and O–H groups in total. The lowest BCUT2D eigenvalue weighted by Crippen LogP contribution is -2.49. The summed E-state index contributed by atoms with van der Waals surface area (Å²) < 4.78 is 13.2. The Balaban J connectivity index is 1.04. The fraction of sp³-hybridized carbons (Fsp3) is 0.379. The van der Waals surface area contributed by atoms with Gasteiger partial charge in [-0.15, -0.1) is 0 Å². The fourth-order valence-corrected chi connectivity index (χ4v) is 5.29. The van der Waals surface area contributed by atoms with Crippen LogP contribution >= 0.6 is 0 Å². The Morgan fingerprint density at radius 1 is 0.833 bits per heavy atom. The molecule has 6 nitrogen and oxygen atoms in total. The van der Waals surface area contributed by atoms with Crippen LogP contribution < -0.4 is 10.2 Å². The van der Waals surface area contributed by atoms with Crippen LogP contribution in [0.15, 0.2) is 66.7 Å². The monoisotopic (exact) mass is 488 g/mol. The molecule has 3 aromatic carbocycles. The lowest BCUT2D eigenvalue weighted by Gasteiger charge is -2.36. The van der Waals surface area contributed by atoms with Gasteiger partial charge in [-0.25, -0.2) is 4.39 Å². The van der Waals surface area contributed by atoms with Gasteiger partial charge in [0, 0.05) is 69.5 Å². The molecule has 36 heavy (non-hydrogen) atoms. The van der Waals surface area contributed by atoms with Gasteiger partial charge in [0.1, 0.15) is 5.82 Å². The summed E-state index contributed by atoms with van der Waals surface area (Å²) in [6.45, 7) is 6.28. The highest BCUT2D eigenvalue weighted by molar-refractivity contribution is 6.07. The quantitative estimate of drug-likeness (QED) is 0.574. The van der Waals surface area contributed by atoms with Crippen LogP contribution in [-0.4, -0.2) is 74.0 Å². The Bertz CT molecular complexity index is 1190. The molecule has 0 radical (unpaired) electrons. The molecule has 2 fully saturated rings. The number of halogens is 1. The Labute approximate surface area is 211 Å². The lowest BCUT2D eigenvalue weighted by atomic mass is 9.95. The Kier molecular flexibility index (Phi) is 7.47. The van der Waals surface area contributed by atoms with E-state index in [4.69, 9.17) is 0 Å². The van der Waals surface area contributed by atoms with Crippen molar-refractivity contribution >= 4 is 28.3 Å². The zero-order valence-electron chi connectivity index (χ0n) is 20.5. The molecule has 2 aliphatic heterocycles. The minimum Gasteiger partial charge on any atom is -0.369 e. The molecule has 2 amide bonds.